The molecule has 0 radical (unpaired) electrons. The molecule has 0 amide bonds. The smallest absolute Gasteiger partial charge is 0.101 e. The van der Waals surface area contributed by atoms with Crippen molar-refractivity contribution in [2.45, 2.75) is 43.2 Å². The Balaban J connectivity index is 1.90. The summed E-state index contributed by atoms with van der Waals surface area (Å²) in [6.45, 7) is 0. The molecule has 3 saturated heterocycles. The number of piperidine rings is 1. The number of aliphatic hydroxyl groups excluding tert-OH is 1. The molecule has 0 aromatic carbocycles. The Hall–Kier alpha value is -0.120. The number of fused-ring (bicyclic) bond motifs is 5. The van der Waals surface area contributed by atoms with E-state index >= 15 is 0 Å². The summed E-state index contributed by atoms with van der Waals surface area (Å²) in [5, 5.41) is 9.46. The molecule has 0 aromatic heterocycles. The first-order valence-corrected chi connectivity index (χ1v) is 4.33. The van der Waals surface area contributed by atoms with Crippen LogP contribution in [0.5, 0.6) is 0 Å². The lowest BCUT2D eigenvalue weighted by molar-refractivity contribution is 0.00149. The van der Waals surface area contributed by atoms with Crippen molar-refractivity contribution in [2.24, 2.45) is 0 Å². The van der Waals surface area contributed by atoms with Crippen LogP contribution in [0.3, 0.4) is 0 Å². The van der Waals surface area contributed by atoms with Crippen LogP contribution in [0.4, 0.5) is 0 Å². The van der Waals surface area contributed by atoms with Crippen LogP contribution in [-0.4, -0.2) is 47.4 Å². The Morgan fingerprint density at radius 2 is 1.82 bits per heavy atom. The molecular formula is C8H13NO2. The molecule has 1 unspecified atom stereocenters. The summed E-state index contributed by atoms with van der Waals surface area (Å²) in [4.78, 5) is 2.38. The van der Waals surface area contributed by atoms with Crippen molar-refractivity contribution >= 4 is 0 Å². The highest BCUT2D eigenvalue weighted by Crippen LogP contribution is 2.47. The van der Waals surface area contributed by atoms with E-state index in [-0.39, 0.29) is 6.10 Å². The van der Waals surface area contributed by atoms with Crippen LogP contribution >= 0.6 is 0 Å². The lowest BCUT2D eigenvalue weighted by atomic mass is 10.00. The first-order valence-electron chi connectivity index (χ1n) is 4.33. The average molecular weight is 155 g/mol. The number of hydrogen-bond donors (Lipinski definition) is 1. The second-order valence-electron chi connectivity index (χ2n) is 3.99. The van der Waals surface area contributed by atoms with Gasteiger partial charge >= 0.3 is 0 Å². The predicted octanol–water partition coefficient (Wildman–Crippen LogP) is -0.409. The Morgan fingerprint density at radius 1 is 1.27 bits per heavy atom. The first kappa shape index (κ1) is 6.40. The monoisotopic (exact) mass is 155 g/mol. The van der Waals surface area contributed by atoms with Gasteiger partial charge in [0.25, 0.3) is 0 Å². The molecule has 2 bridgehead atoms. The molecule has 0 saturated carbocycles. The minimum atomic E-state index is -0.0717. The van der Waals surface area contributed by atoms with Crippen LogP contribution in [0.2, 0.25) is 0 Å². The molecule has 0 spiro atoms. The molecule has 1 N–H and O–H groups in total. The molecular weight excluding hydrogens is 142 g/mol. The Labute approximate surface area is 65.9 Å². The van der Waals surface area contributed by atoms with Gasteiger partial charge in [0.1, 0.15) is 12.2 Å². The fourth-order valence-corrected chi connectivity index (χ4v) is 2.72. The zero-order valence-electron chi connectivity index (χ0n) is 6.60. The fraction of sp³-hybridized carbons (Fsp3) is 1.00. The molecule has 62 valence electrons. The summed E-state index contributed by atoms with van der Waals surface area (Å²) in [7, 11) is 2.15. The van der Waals surface area contributed by atoms with E-state index in [1.807, 2.05) is 0 Å². The molecule has 3 heteroatoms. The van der Waals surface area contributed by atoms with Crippen LogP contribution < -0.4 is 0 Å². The van der Waals surface area contributed by atoms with Crippen molar-refractivity contribution in [1.82, 2.24) is 4.90 Å². The normalized spacial score (nSPS) is 61.1. The van der Waals surface area contributed by atoms with Crippen LogP contribution in [0, 0.1) is 0 Å². The molecule has 5 atom stereocenters. The lowest BCUT2D eigenvalue weighted by Crippen LogP contribution is -2.46. The topological polar surface area (TPSA) is 36.0 Å². The van der Waals surface area contributed by atoms with Gasteiger partial charge in [-0.05, 0) is 19.9 Å². The van der Waals surface area contributed by atoms with E-state index in [4.69, 9.17) is 4.74 Å². The minimum Gasteiger partial charge on any atom is -0.393 e. The highest BCUT2D eigenvalue weighted by Gasteiger charge is 2.62. The largest absolute Gasteiger partial charge is 0.393 e. The molecule has 0 aromatic rings. The number of likely N-dealkylation sites (N-methyl/N-ethyl adjacent to an activating group) is 1. The molecule has 11 heavy (non-hydrogen) atoms. The van der Waals surface area contributed by atoms with Crippen molar-refractivity contribution in [3.63, 3.8) is 0 Å². The van der Waals surface area contributed by atoms with Crippen molar-refractivity contribution in [2.75, 3.05) is 7.05 Å². The van der Waals surface area contributed by atoms with Crippen LogP contribution in [0.1, 0.15) is 12.8 Å². The number of epoxide rings is 1. The highest BCUT2D eigenvalue weighted by atomic mass is 16.6. The van der Waals surface area contributed by atoms with Crippen molar-refractivity contribution in [3.05, 3.63) is 0 Å². The molecule has 3 aliphatic heterocycles. The second-order valence-corrected chi connectivity index (χ2v) is 3.99. The maximum absolute atomic E-state index is 9.46. The Bertz CT molecular complexity index is 179. The third-order valence-corrected chi connectivity index (χ3v) is 3.39. The third-order valence-electron chi connectivity index (χ3n) is 3.39. The highest BCUT2D eigenvalue weighted by molar-refractivity contribution is 5.13. The Kier molecular flexibility index (Phi) is 1.04. The van der Waals surface area contributed by atoms with Crippen molar-refractivity contribution < 1.29 is 9.84 Å². The van der Waals surface area contributed by atoms with E-state index in [2.05, 4.69) is 11.9 Å². The van der Waals surface area contributed by atoms with Gasteiger partial charge in [0.2, 0.25) is 0 Å². The summed E-state index contributed by atoms with van der Waals surface area (Å²) in [6, 6.07) is 1.02. The van der Waals surface area contributed by atoms with Gasteiger partial charge in [-0.25, -0.2) is 0 Å². The summed E-state index contributed by atoms with van der Waals surface area (Å²) in [5.41, 5.74) is 0. The number of morpholine rings is 1. The van der Waals surface area contributed by atoms with E-state index in [1.165, 1.54) is 0 Å². The third kappa shape index (κ3) is 0.687. The standard InChI is InChI=1S/C8H13NO2/c1-9-5-2-4(10)3-6(9)8-7(5)11-8/h4-8,10H,2-3H2,1H3/t4?,5-,6+,7-,8+. The summed E-state index contributed by atoms with van der Waals surface area (Å²) in [5.74, 6) is 0. The molecule has 3 rings (SSSR count). The number of ether oxygens (including phenoxy) is 1. The van der Waals surface area contributed by atoms with Gasteiger partial charge in [-0.2, -0.15) is 0 Å². The zero-order valence-corrected chi connectivity index (χ0v) is 6.60. The van der Waals surface area contributed by atoms with Gasteiger partial charge in [0.15, 0.2) is 0 Å². The summed E-state index contributed by atoms with van der Waals surface area (Å²) < 4.78 is 5.49. The molecule has 0 aliphatic carbocycles. The summed E-state index contributed by atoms with van der Waals surface area (Å²) >= 11 is 0. The lowest BCUT2D eigenvalue weighted by Gasteiger charge is -2.36. The van der Waals surface area contributed by atoms with Gasteiger partial charge in [-0.15, -0.1) is 0 Å². The maximum atomic E-state index is 9.46. The number of nitrogens with zero attached hydrogens (tertiary/aromatic N) is 1. The van der Waals surface area contributed by atoms with E-state index in [1.54, 1.807) is 0 Å². The predicted molar refractivity (Wildman–Crippen MR) is 39.2 cm³/mol. The van der Waals surface area contributed by atoms with Crippen molar-refractivity contribution in [1.29, 1.82) is 0 Å². The molecule has 3 fully saturated rings. The van der Waals surface area contributed by atoms with Gasteiger partial charge < -0.3 is 9.84 Å². The van der Waals surface area contributed by atoms with Crippen LogP contribution in [-0.2, 0) is 4.74 Å². The Morgan fingerprint density at radius 3 is 2.36 bits per heavy atom. The zero-order chi connectivity index (χ0) is 7.59. The van der Waals surface area contributed by atoms with Crippen LogP contribution in [0.25, 0.3) is 0 Å². The van der Waals surface area contributed by atoms with E-state index < -0.39 is 0 Å². The number of aliphatic hydroxyl groups is 1. The quantitative estimate of drug-likeness (QED) is 0.483. The number of hydrogen-bond acceptors (Lipinski definition) is 3. The van der Waals surface area contributed by atoms with Gasteiger partial charge in [-0.1, -0.05) is 0 Å². The maximum Gasteiger partial charge on any atom is 0.101 e. The first-order chi connectivity index (χ1) is 5.27. The summed E-state index contributed by atoms with van der Waals surface area (Å²) in [6.07, 6.45) is 2.67. The minimum absolute atomic E-state index is 0.0717. The van der Waals surface area contributed by atoms with E-state index in [0.717, 1.165) is 12.8 Å². The number of rotatable bonds is 0. The molecule has 3 heterocycles. The molecule has 3 nitrogen and oxygen atoms in total. The van der Waals surface area contributed by atoms with Gasteiger partial charge in [0, 0.05) is 12.1 Å². The molecule has 3 aliphatic rings. The second kappa shape index (κ2) is 1.79. The van der Waals surface area contributed by atoms with Gasteiger partial charge in [-0.3, -0.25) is 4.90 Å². The fourth-order valence-electron chi connectivity index (χ4n) is 2.72. The van der Waals surface area contributed by atoms with E-state index in [0.29, 0.717) is 24.3 Å². The average Bonchev–Trinajstić information content (AvgIpc) is 2.66. The van der Waals surface area contributed by atoms with E-state index in [9.17, 15) is 5.11 Å². The van der Waals surface area contributed by atoms with Gasteiger partial charge in [0.05, 0.1) is 6.10 Å². The SMILES string of the molecule is CN1[C@@H]2CC(O)C[C@H]1[C@@H]1O[C@@H]12. The van der Waals surface area contributed by atoms with Crippen molar-refractivity contribution in [3.8, 4) is 0 Å². The van der Waals surface area contributed by atoms with Crippen LogP contribution in [0.15, 0.2) is 0 Å².